The van der Waals surface area contributed by atoms with Crippen LogP contribution in [-0.2, 0) is 4.74 Å². The Kier molecular flexibility index (Phi) is 3.90. The molecule has 1 fully saturated rings. The van der Waals surface area contributed by atoms with Gasteiger partial charge >= 0.3 is 0 Å². The van der Waals surface area contributed by atoms with Crippen molar-refractivity contribution >= 4 is 11.6 Å². The summed E-state index contributed by atoms with van der Waals surface area (Å²) in [6.07, 6.45) is 5.53. The third-order valence-electron chi connectivity index (χ3n) is 2.67. The van der Waals surface area contributed by atoms with Gasteiger partial charge in [-0.2, -0.15) is 0 Å². The van der Waals surface area contributed by atoms with Crippen LogP contribution in [0.25, 0.3) is 0 Å². The second-order valence-electron chi connectivity index (χ2n) is 3.88. The van der Waals surface area contributed by atoms with Gasteiger partial charge in [-0.1, -0.05) is 0 Å². The minimum Gasteiger partial charge on any atom is -0.381 e. The van der Waals surface area contributed by atoms with E-state index in [9.17, 15) is 0 Å². The number of rotatable bonds is 5. The number of hydrogen-bond acceptors (Lipinski definition) is 6. The molecule has 1 aliphatic heterocycles. The van der Waals surface area contributed by atoms with E-state index < -0.39 is 0 Å². The maximum atomic E-state index is 5.31. The van der Waals surface area contributed by atoms with E-state index in [4.69, 9.17) is 10.6 Å². The summed E-state index contributed by atoms with van der Waals surface area (Å²) in [5.74, 6) is 7.24. The fourth-order valence-corrected chi connectivity index (χ4v) is 1.74. The van der Waals surface area contributed by atoms with Crippen molar-refractivity contribution in [2.45, 2.75) is 12.8 Å². The molecule has 1 unspecified atom stereocenters. The predicted octanol–water partition coefficient (Wildman–Crippen LogP) is 0.601. The number of hydrazine groups is 1. The fourth-order valence-electron chi connectivity index (χ4n) is 1.74. The highest BCUT2D eigenvalue weighted by molar-refractivity contribution is 5.40. The fraction of sp³-hybridized carbons (Fsp3) is 0.600. The van der Waals surface area contributed by atoms with E-state index in [1.807, 2.05) is 0 Å². The highest BCUT2D eigenvalue weighted by Gasteiger charge is 2.14. The number of ether oxygens (including phenoxy) is 1. The summed E-state index contributed by atoms with van der Waals surface area (Å²) < 4.78 is 5.31. The molecular weight excluding hydrogens is 206 g/mol. The Hall–Kier alpha value is -1.40. The molecule has 6 heteroatoms. The molecule has 1 aromatic rings. The van der Waals surface area contributed by atoms with Gasteiger partial charge in [-0.25, -0.2) is 10.8 Å². The molecule has 0 amide bonds. The Morgan fingerprint density at radius 2 is 2.31 bits per heavy atom. The number of nitrogens with two attached hydrogens (primary N) is 1. The van der Waals surface area contributed by atoms with E-state index >= 15 is 0 Å². The summed E-state index contributed by atoms with van der Waals surface area (Å²) >= 11 is 0. The molecular formula is C10H17N5O. The van der Waals surface area contributed by atoms with Gasteiger partial charge in [0.05, 0.1) is 12.4 Å². The summed E-state index contributed by atoms with van der Waals surface area (Å²) in [6, 6.07) is 0. The van der Waals surface area contributed by atoms with Crippen molar-refractivity contribution in [1.82, 2.24) is 9.97 Å². The molecule has 1 saturated heterocycles. The van der Waals surface area contributed by atoms with Crippen LogP contribution in [0.15, 0.2) is 12.4 Å². The molecule has 88 valence electrons. The Bertz CT molecular complexity index is 327. The van der Waals surface area contributed by atoms with Crippen molar-refractivity contribution < 1.29 is 4.74 Å². The first-order valence-corrected chi connectivity index (χ1v) is 5.49. The monoisotopic (exact) mass is 223 g/mol. The van der Waals surface area contributed by atoms with Gasteiger partial charge < -0.3 is 15.5 Å². The SMILES string of the molecule is NNc1cncc(NCCC2CCOC2)n1. The van der Waals surface area contributed by atoms with Gasteiger partial charge in [0.15, 0.2) is 5.82 Å². The van der Waals surface area contributed by atoms with Gasteiger partial charge in [0.2, 0.25) is 0 Å². The zero-order valence-electron chi connectivity index (χ0n) is 9.15. The second kappa shape index (κ2) is 5.62. The lowest BCUT2D eigenvalue weighted by molar-refractivity contribution is 0.185. The molecule has 2 heterocycles. The van der Waals surface area contributed by atoms with E-state index in [1.165, 1.54) is 0 Å². The van der Waals surface area contributed by atoms with Crippen molar-refractivity contribution in [3.8, 4) is 0 Å². The molecule has 0 spiro atoms. The van der Waals surface area contributed by atoms with E-state index in [1.54, 1.807) is 12.4 Å². The van der Waals surface area contributed by atoms with Crippen LogP contribution in [0.5, 0.6) is 0 Å². The normalized spacial score (nSPS) is 19.7. The number of nitrogen functional groups attached to an aromatic ring is 1. The van der Waals surface area contributed by atoms with Crippen LogP contribution < -0.4 is 16.6 Å². The summed E-state index contributed by atoms with van der Waals surface area (Å²) in [5.41, 5.74) is 2.47. The highest BCUT2D eigenvalue weighted by atomic mass is 16.5. The lowest BCUT2D eigenvalue weighted by Gasteiger charge is -2.09. The van der Waals surface area contributed by atoms with Gasteiger partial charge in [0, 0.05) is 19.8 Å². The molecule has 6 nitrogen and oxygen atoms in total. The molecule has 16 heavy (non-hydrogen) atoms. The minimum atomic E-state index is 0.564. The zero-order valence-corrected chi connectivity index (χ0v) is 9.15. The summed E-state index contributed by atoms with van der Waals surface area (Å²) in [5, 5.41) is 3.22. The quantitative estimate of drug-likeness (QED) is 0.500. The minimum absolute atomic E-state index is 0.564. The maximum Gasteiger partial charge on any atom is 0.160 e. The van der Waals surface area contributed by atoms with Crippen molar-refractivity contribution in [3.63, 3.8) is 0 Å². The lowest BCUT2D eigenvalue weighted by atomic mass is 10.1. The zero-order chi connectivity index (χ0) is 11.2. The first kappa shape index (κ1) is 11.1. The van der Waals surface area contributed by atoms with E-state index in [0.29, 0.717) is 11.7 Å². The summed E-state index contributed by atoms with van der Waals surface area (Å²) in [7, 11) is 0. The Morgan fingerprint density at radius 1 is 1.44 bits per heavy atom. The number of aromatic nitrogens is 2. The van der Waals surface area contributed by atoms with Crippen LogP contribution in [-0.4, -0.2) is 29.7 Å². The second-order valence-corrected chi connectivity index (χ2v) is 3.88. The topological polar surface area (TPSA) is 85.1 Å². The van der Waals surface area contributed by atoms with E-state index in [2.05, 4.69) is 20.7 Å². The van der Waals surface area contributed by atoms with Crippen LogP contribution in [0.4, 0.5) is 11.6 Å². The van der Waals surface area contributed by atoms with Gasteiger partial charge in [0.1, 0.15) is 5.82 Å². The molecule has 1 aromatic heterocycles. The van der Waals surface area contributed by atoms with Crippen molar-refractivity contribution in [2.24, 2.45) is 11.8 Å². The average molecular weight is 223 g/mol. The Labute approximate surface area is 94.6 Å². The molecule has 4 N–H and O–H groups in total. The van der Waals surface area contributed by atoms with E-state index in [-0.39, 0.29) is 0 Å². The molecule has 1 atom stereocenters. The van der Waals surface area contributed by atoms with Crippen molar-refractivity contribution in [3.05, 3.63) is 12.4 Å². The molecule has 1 aliphatic rings. The Balaban J connectivity index is 1.75. The smallest absolute Gasteiger partial charge is 0.160 e. The third-order valence-corrected chi connectivity index (χ3v) is 2.67. The third kappa shape index (κ3) is 3.04. The van der Waals surface area contributed by atoms with Gasteiger partial charge in [-0.05, 0) is 18.8 Å². The standard InChI is InChI=1S/C10H17N5O/c11-15-10-6-12-5-9(14-10)13-3-1-8-2-4-16-7-8/h5-6,8H,1-4,7,11H2,(H2,13,14,15). The van der Waals surface area contributed by atoms with Crippen LogP contribution in [0, 0.1) is 5.92 Å². The van der Waals surface area contributed by atoms with Crippen LogP contribution in [0.1, 0.15) is 12.8 Å². The van der Waals surface area contributed by atoms with Crippen LogP contribution in [0.2, 0.25) is 0 Å². The maximum absolute atomic E-state index is 5.31. The largest absolute Gasteiger partial charge is 0.381 e. The average Bonchev–Trinajstić information content (AvgIpc) is 2.82. The number of nitrogens with zero attached hydrogens (tertiary/aromatic N) is 2. The lowest BCUT2D eigenvalue weighted by Crippen LogP contribution is -2.12. The van der Waals surface area contributed by atoms with Gasteiger partial charge in [-0.15, -0.1) is 0 Å². The van der Waals surface area contributed by atoms with E-state index in [0.717, 1.165) is 38.4 Å². The van der Waals surface area contributed by atoms with Gasteiger partial charge in [-0.3, -0.25) is 4.98 Å². The highest BCUT2D eigenvalue weighted by Crippen LogP contribution is 2.16. The molecule has 0 aromatic carbocycles. The Morgan fingerprint density at radius 3 is 3.06 bits per heavy atom. The molecule has 0 bridgehead atoms. The van der Waals surface area contributed by atoms with Crippen LogP contribution >= 0.6 is 0 Å². The number of anilines is 2. The van der Waals surface area contributed by atoms with Crippen LogP contribution in [0.3, 0.4) is 0 Å². The summed E-state index contributed by atoms with van der Waals surface area (Å²) in [4.78, 5) is 8.23. The first-order chi connectivity index (χ1) is 7.88. The number of nitrogens with one attached hydrogen (secondary N) is 2. The summed E-state index contributed by atoms with van der Waals surface area (Å²) in [6.45, 7) is 2.67. The first-order valence-electron chi connectivity index (χ1n) is 5.49. The van der Waals surface area contributed by atoms with Crippen molar-refractivity contribution in [2.75, 3.05) is 30.5 Å². The molecule has 0 radical (unpaired) electrons. The van der Waals surface area contributed by atoms with Crippen molar-refractivity contribution in [1.29, 1.82) is 0 Å². The molecule has 2 rings (SSSR count). The van der Waals surface area contributed by atoms with Gasteiger partial charge in [0.25, 0.3) is 0 Å². The predicted molar refractivity (Wildman–Crippen MR) is 61.9 cm³/mol. The molecule has 0 saturated carbocycles. The molecule has 0 aliphatic carbocycles. The number of hydrogen-bond donors (Lipinski definition) is 3.